The highest BCUT2D eigenvalue weighted by Gasteiger charge is 2.16. The Hall–Kier alpha value is -2.04. The number of aryl methyl sites for hydroxylation is 3. The Morgan fingerprint density at radius 3 is 2.53 bits per heavy atom. The minimum absolute atomic E-state index is 0.0909. The van der Waals surface area contributed by atoms with E-state index in [4.69, 9.17) is 0 Å². The van der Waals surface area contributed by atoms with Crippen molar-refractivity contribution in [3.63, 3.8) is 0 Å². The second-order valence-corrected chi connectivity index (χ2v) is 4.78. The molecule has 0 fully saturated rings. The quantitative estimate of drug-likeness (QED) is 0.919. The van der Waals surface area contributed by atoms with Gasteiger partial charge in [0.15, 0.2) is 0 Å². The average Bonchev–Trinajstić information content (AvgIpc) is 2.84. The van der Waals surface area contributed by atoms with Gasteiger partial charge in [-0.15, -0.1) is 0 Å². The van der Waals surface area contributed by atoms with E-state index >= 15 is 0 Å². The van der Waals surface area contributed by atoms with E-state index in [2.05, 4.69) is 17.3 Å². The summed E-state index contributed by atoms with van der Waals surface area (Å²) >= 11 is 0. The number of hydrogen-bond acceptors (Lipinski definition) is 2. The van der Waals surface area contributed by atoms with Gasteiger partial charge in [0.25, 0.3) is 5.91 Å². The SMILES string of the molecule is CCc1nn(C)c(NC(=O)c2ccn(C)c2C)c1C. The lowest BCUT2D eigenvalue weighted by atomic mass is 10.2. The third-order valence-corrected chi connectivity index (χ3v) is 3.58. The van der Waals surface area contributed by atoms with Crippen molar-refractivity contribution in [2.24, 2.45) is 14.1 Å². The molecule has 0 spiro atoms. The van der Waals surface area contributed by atoms with E-state index in [1.165, 1.54) is 0 Å². The first-order chi connectivity index (χ1) is 8.95. The number of hydrogen-bond donors (Lipinski definition) is 1. The van der Waals surface area contributed by atoms with E-state index in [1.54, 1.807) is 4.68 Å². The van der Waals surface area contributed by atoms with Crippen LogP contribution >= 0.6 is 0 Å². The predicted octanol–water partition coefficient (Wildman–Crippen LogP) is 2.19. The fourth-order valence-corrected chi connectivity index (χ4v) is 2.22. The Morgan fingerprint density at radius 2 is 2.05 bits per heavy atom. The Bertz CT molecular complexity index is 622. The highest BCUT2D eigenvalue weighted by molar-refractivity contribution is 6.05. The van der Waals surface area contributed by atoms with Crippen LogP contribution in [0.1, 0.15) is 34.2 Å². The molecule has 0 unspecified atom stereocenters. The van der Waals surface area contributed by atoms with E-state index in [9.17, 15) is 4.79 Å². The van der Waals surface area contributed by atoms with Crippen molar-refractivity contribution < 1.29 is 4.79 Å². The zero-order chi connectivity index (χ0) is 14.2. The molecule has 0 radical (unpaired) electrons. The first-order valence-electron chi connectivity index (χ1n) is 6.41. The highest BCUT2D eigenvalue weighted by Crippen LogP contribution is 2.20. The summed E-state index contributed by atoms with van der Waals surface area (Å²) in [5, 5.41) is 7.35. The van der Waals surface area contributed by atoms with Gasteiger partial charge in [-0.25, -0.2) is 0 Å². The van der Waals surface area contributed by atoms with Crippen LogP contribution in [0.3, 0.4) is 0 Å². The Kier molecular flexibility index (Phi) is 3.46. The second-order valence-electron chi connectivity index (χ2n) is 4.78. The topological polar surface area (TPSA) is 51.9 Å². The first-order valence-corrected chi connectivity index (χ1v) is 6.41. The summed E-state index contributed by atoms with van der Waals surface area (Å²) in [5.74, 6) is 0.678. The van der Waals surface area contributed by atoms with E-state index < -0.39 is 0 Å². The molecular formula is C14H20N4O. The lowest BCUT2D eigenvalue weighted by molar-refractivity contribution is 0.102. The fourth-order valence-electron chi connectivity index (χ4n) is 2.22. The fraction of sp³-hybridized carbons (Fsp3) is 0.429. The van der Waals surface area contributed by atoms with E-state index in [1.807, 2.05) is 44.8 Å². The van der Waals surface area contributed by atoms with Crippen LogP contribution < -0.4 is 5.32 Å². The molecule has 0 bridgehead atoms. The molecule has 0 saturated carbocycles. The first kappa shape index (κ1) is 13.4. The smallest absolute Gasteiger partial charge is 0.258 e. The van der Waals surface area contributed by atoms with Gasteiger partial charge in [-0.05, 0) is 26.3 Å². The summed E-state index contributed by atoms with van der Waals surface area (Å²) in [6, 6.07) is 1.83. The number of aromatic nitrogens is 3. The average molecular weight is 260 g/mol. The Morgan fingerprint density at radius 1 is 1.37 bits per heavy atom. The van der Waals surface area contributed by atoms with Gasteiger partial charge in [0, 0.05) is 31.5 Å². The highest BCUT2D eigenvalue weighted by atomic mass is 16.1. The number of anilines is 1. The molecule has 1 amide bonds. The molecule has 0 aliphatic carbocycles. The van der Waals surface area contributed by atoms with Gasteiger partial charge < -0.3 is 9.88 Å². The summed E-state index contributed by atoms with van der Waals surface area (Å²) in [7, 11) is 3.77. The number of carbonyl (C=O) groups excluding carboxylic acids is 1. The molecule has 0 saturated heterocycles. The molecule has 0 aliphatic rings. The van der Waals surface area contributed by atoms with Gasteiger partial charge in [0.2, 0.25) is 0 Å². The van der Waals surface area contributed by atoms with Crippen molar-refractivity contribution in [2.45, 2.75) is 27.2 Å². The predicted molar refractivity (Wildman–Crippen MR) is 75.4 cm³/mol. The van der Waals surface area contributed by atoms with Crippen molar-refractivity contribution in [3.8, 4) is 0 Å². The zero-order valence-corrected chi connectivity index (χ0v) is 12.1. The standard InChI is InChI=1S/C14H20N4O/c1-6-12-9(2)13(18(5)16-12)15-14(19)11-7-8-17(4)10(11)3/h7-8H,6H2,1-5H3,(H,15,19). The molecule has 102 valence electrons. The minimum Gasteiger partial charge on any atom is -0.354 e. The van der Waals surface area contributed by atoms with Gasteiger partial charge >= 0.3 is 0 Å². The van der Waals surface area contributed by atoms with E-state index in [0.29, 0.717) is 5.56 Å². The van der Waals surface area contributed by atoms with Gasteiger partial charge in [-0.1, -0.05) is 6.92 Å². The number of carbonyl (C=O) groups is 1. The molecule has 5 nitrogen and oxygen atoms in total. The molecule has 2 aromatic rings. The lowest BCUT2D eigenvalue weighted by Crippen LogP contribution is -2.16. The summed E-state index contributed by atoms with van der Waals surface area (Å²) in [4.78, 5) is 12.3. The molecule has 2 rings (SSSR count). The van der Waals surface area contributed by atoms with Crippen molar-refractivity contribution in [1.29, 1.82) is 0 Å². The van der Waals surface area contributed by atoms with E-state index in [0.717, 1.165) is 29.2 Å². The second kappa shape index (κ2) is 4.91. The number of nitrogens with one attached hydrogen (secondary N) is 1. The summed E-state index contributed by atoms with van der Waals surface area (Å²) in [6.07, 6.45) is 2.75. The van der Waals surface area contributed by atoms with Crippen molar-refractivity contribution >= 4 is 11.7 Å². The summed E-state index contributed by atoms with van der Waals surface area (Å²) in [6.45, 7) is 5.98. The van der Waals surface area contributed by atoms with Crippen molar-refractivity contribution in [2.75, 3.05) is 5.32 Å². The zero-order valence-electron chi connectivity index (χ0n) is 12.1. The molecule has 19 heavy (non-hydrogen) atoms. The third kappa shape index (κ3) is 2.28. The molecule has 5 heteroatoms. The van der Waals surface area contributed by atoms with Crippen LogP contribution in [0, 0.1) is 13.8 Å². The van der Waals surface area contributed by atoms with Gasteiger partial charge in [0.05, 0.1) is 11.3 Å². The monoisotopic (exact) mass is 260 g/mol. The third-order valence-electron chi connectivity index (χ3n) is 3.58. The minimum atomic E-state index is -0.0909. The number of amides is 1. The van der Waals surface area contributed by atoms with Crippen LogP contribution in [0.25, 0.3) is 0 Å². The molecule has 0 aliphatic heterocycles. The number of rotatable bonds is 3. The number of nitrogens with zero attached hydrogens (tertiary/aromatic N) is 3. The van der Waals surface area contributed by atoms with Crippen molar-refractivity contribution in [3.05, 3.63) is 34.8 Å². The molecule has 2 aromatic heterocycles. The summed E-state index contributed by atoms with van der Waals surface area (Å²) in [5.41, 5.74) is 3.70. The van der Waals surface area contributed by atoms with Crippen LogP contribution in [0.5, 0.6) is 0 Å². The lowest BCUT2D eigenvalue weighted by Gasteiger charge is -2.07. The maximum atomic E-state index is 12.3. The van der Waals surface area contributed by atoms with Gasteiger partial charge in [0.1, 0.15) is 5.82 Å². The molecule has 0 aromatic carbocycles. The van der Waals surface area contributed by atoms with Crippen LogP contribution in [0.15, 0.2) is 12.3 Å². The largest absolute Gasteiger partial charge is 0.354 e. The normalized spacial score (nSPS) is 10.8. The maximum absolute atomic E-state index is 12.3. The Labute approximate surface area is 113 Å². The Balaban J connectivity index is 2.29. The van der Waals surface area contributed by atoms with Crippen LogP contribution in [-0.4, -0.2) is 20.3 Å². The van der Waals surface area contributed by atoms with Crippen molar-refractivity contribution in [1.82, 2.24) is 14.3 Å². The van der Waals surface area contributed by atoms with Gasteiger partial charge in [-0.2, -0.15) is 5.10 Å². The maximum Gasteiger partial charge on any atom is 0.258 e. The van der Waals surface area contributed by atoms with E-state index in [-0.39, 0.29) is 5.91 Å². The molecule has 0 atom stereocenters. The van der Waals surface area contributed by atoms with Gasteiger partial charge in [-0.3, -0.25) is 9.48 Å². The van der Waals surface area contributed by atoms with Crippen LogP contribution in [-0.2, 0) is 20.5 Å². The van der Waals surface area contributed by atoms with Crippen LogP contribution in [0.4, 0.5) is 5.82 Å². The molecule has 1 N–H and O–H groups in total. The summed E-state index contributed by atoms with van der Waals surface area (Å²) < 4.78 is 3.66. The molecule has 2 heterocycles. The van der Waals surface area contributed by atoms with Crippen LogP contribution in [0.2, 0.25) is 0 Å². The molecular weight excluding hydrogens is 240 g/mol.